The highest BCUT2D eigenvalue weighted by Crippen LogP contribution is 2.34. The molecule has 0 bridgehead atoms. The summed E-state index contributed by atoms with van der Waals surface area (Å²) in [5, 5.41) is 15.1. The molecule has 2 aromatic carbocycles. The Kier molecular flexibility index (Phi) is 3.44. The highest BCUT2D eigenvalue weighted by molar-refractivity contribution is 7.98. The molecule has 0 atom stereocenters. The first-order chi connectivity index (χ1) is 9.24. The fourth-order valence-electron chi connectivity index (χ4n) is 2.01. The summed E-state index contributed by atoms with van der Waals surface area (Å²) < 4.78 is 0. The normalized spacial score (nSPS) is 11.0. The van der Waals surface area contributed by atoms with E-state index >= 15 is 0 Å². The Hall–Kier alpha value is -1.52. The molecular formula is C15H13NOS2. The molecule has 19 heavy (non-hydrogen) atoms. The molecule has 0 saturated carbocycles. The molecular weight excluding hydrogens is 274 g/mol. The van der Waals surface area contributed by atoms with Crippen LogP contribution in [0.5, 0.6) is 5.75 Å². The minimum Gasteiger partial charge on any atom is -0.507 e. The molecule has 0 aliphatic carbocycles. The first-order valence-electron chi connectivity index (χ1n) is 5.98. The van der Waals surface area contributed by atoms with Gasteiger partial charge in [0.2, 0.25) is 0 Å². The molecule has 3 rings (SSSR count). The van der Waals surface area contributed by atoms with Gasteiger partial charge in [-0.05, 0) is 24.4 Å². The van der Waals surface area contributed by atoms with E-state index in [0.717, 1.165) is 27.2 Å². The van der Waals surface area contributed by atoms with E-state index < -0.39 is 0 Å². The summed E-state index contributed by atoms with van der Waals surface area (Å²) in [5.41, 5.74) is 1.12. The van der Waals surface area contributed by atoms with Crippen LogP contribution < -0.4 is 0 Å². The maximum atomic E-state index is 9.86. The van der Waals surface area contributed by atoms with Crippen molar-refractivity contribution in [1.29, 1.82) is 0 Å². The van der Waals surface area contributed by atoms with Crippen LogP contribution in [0.2, 0.25) is 0 Å². The molecule has 1 N–H and O–H groups in total. The van der Waals surface area contributed by atoms with Gasteiger partial charge in [-0.3, -0.25) is 0 Å². The highest BCUT2D eigenvalue weighted by Gasteiger charge is 2.06. The third-order valence-electron chi connectivity index (χ3n) is 2.90. The lowest BCUT2D eigenvalue weighted by Gasteiger charge is -2.07. The predicted molar refractivity (Wildman–Crippen MR) is 82.0 cm³/mol. The molecule has 0 spiro atoms. The van der Waals surface area contributed by atoms with Crippen molar-refractivity contribution in [2.75, 3.05) is 0 Å². The molecule has 0 aliphatic heterocycles. The van der Waals surface area contributed by atoms with Crippen molar-refractivity contribution in [2.45, 2.75) is 17.6 Å². The van der Waals surface area contributed by atoms with E-state index in [-0.39, 0.29) is 0 Å². The van der Waals surface area contributed by atoms with E-state index in [4.69, 9.17) is 0 Å². The van der Waals surface area contributed by atoms with Gasteiger partial charge in [0, 0.05) is 21.4 Å². The molecule has 0 unspecified atom stereocenters. The third-order valence-corrected chi connectivity index (χ3v) is 4.83. The van der Waals surface area contributed by atoms with Gasteiger partial charge in [0.25, 0.3) is 0 Å². The van der Waals surface area contributed by atoms with E-state index in [2.05, 4.69) is 10.4 Å². The summed E-state index contributed by atoms with van der Waals surface area (Å²) in [6.07, 6.45) is 0. The highest BCUT2D eigenvalue weighted by atomic mass is 32.2. The average molecular weight is 287 g/mol. The van der Waals surface area contributed by atoms with Crippen molar-refractivity contribution >= 4 is 33.9 Å². The Bertz CT molecular complexity index is 721. The number of fused-ring (bicyclic) bond motifs is 1. The lowest BCUT2D eigenvalue weighted by Crippen LogP contribution is -1.83. The van der Waals surface area contributed by atoms with E-state index in [9.17, 15) is 5.11 Å². The van der Waals surface area contributed by atoms with Crippen molar-refractivity contribution < 1.29 is 5.11 Å². The maximum absolute atomic E-state index is 9.86. The van der Waals surface area contributed by atoms with Gasteiger partial charge in [0.15, 0.2) is 0 Å². The van der Waals surface area contributed by atoms with E-state index in [1.54, 1.807) is 29.2 Å². The van der Waals surface area contributed by atoms with Crippen molar-refractivity contribution in [3.8, 4) is 5.75 Å². The van der Waals surface area contributed by atoms with Crippen molar-refractivity contribution in [3.63, 3.8) is 0 Å². The smallest absolute Gasteiger partial charge is 0.123 e. The van der Waals surface area contributed by atoms with Crippen molar-refractivity contribution in [2.24, 2.45) is 0 Å². The molecule has 0 radical (unpaired) electrons. The van der Waals surface area contributed by atoms with Gasteiger partial charge in [-0.2, -0.15) is 0 Å². The van der Waals surface area contributed by atoms with Gasteiger partial charge >= 0.3 is 0 Å². The Morgan fingerprint density at radius 1 is 1.16 bits per heavy atom. The Morgan fingerprint density at radius 3 is 2.68 bits per heavy atom. The minimum absolute atomic E-state index is 0.337. The second-order valence-electron chi connectivity index (χ2n) is 4.27. The molecule has 0 saturated heterocycles. The summed E-state index contributed by atoms with van der Waals surface area (Å²) in [5.74, 6) is 1.20. The average Bonchev–Trinajstić information content (AvgIpc) is 2.84. The number of aromatic hydroxyl groups is 1. The van der Waals surface area contributed by atoms with Crippen LogP contribution in [-0.2, 0) is 5.75 Å². The van der Waals surface area contributed by atoms with Crippen molar-refractivity contribution in [1.82, 2.24) is 4.98 Å². The Labute approximate surface area is 120 Å². The van der Waals surface area contributed by atoms with Crippen LogP contribution in [0.15, 0.2) is 46.7 Å². The summed E-state index contributed by atoms with van der Waals surface area (Å²) in [7, 11) is 0. The zero-order chi connectivity index (χ0) is 13.2. The molecule has 1 heterocycles. The van der Waals surface area contributed by atoms with Gasteiger partial charge < -0.3 is 5.11 Å². The number of aryl methyl sites for hydroxylation is 1. The van der Waals surface area contributed by atoms with E-state index in [0.29, 0.717) is 5.75 Å². The summed E-state index contributed by atoms with van der Waals surface area (Å²) in [6, 6.07) is 11.7. The van der Waals surface area contributed by atoms with Crippen LogP contribution in [0.4, 0.5) is 0 Å². The lowest BCUT2D eigenvalue weighted by molar-refractivity contribution is 0.481. The SMILES string of the molecule is Cc1nc(CSc2ccc(O)c3ccccc23)cs1. The topological polar surface area (TPSA) is 33.1 Å². The standard InChI is InChI=1S/C15H13NOS2/c1-10-16-11(8-18-10)9-19-15-7-6-14(17)12-4-2-3-5-13(12)15/h2-8,17H,9H2,1H3. The zero-order valence-corrected chi connectivity index (χ0v) is 12.1. The molecule has 96 valence electrons. The number of phenolic OH excluding ortho intramolecular Hbond substituents is 1. The van der Waals surface area contributed by atoms with E-state index in [1.165, 1.54) is 4.90 Å². The summed E-state index contributed by atoms with van der Waals surface area (Å²) in [4.78, 5) is 5.65. The fraction of sp³-hybridized carbons (Fsp3) is 0.133. The first-order valence-corrected chi connectivity index (χ1v) is 7.85. The van der Waals surface area contributed by atoms with Gasteiger partial charge in [-0.15, -0.1) is 23.1 Å². The summed E-state index contributed by atoms with van der Waals surface area (Å²) >= 11 is 3.44. The minimum atomic E-state index is 0.337. The van der Waals surface area contributed by atoms with Crippen LogP contribution >= 0.6 is 23.1 Å². The van der Waals surface area contributed by atoms with Gasteiger partial charge in [-0.25, -0.2) is 4.98 Å². The first kappa shape index (κ1) is 12.5. The van der Waals surface area contributed by atoms with Gasteiger partial charge in [-0.1, -0.05) is 24.3 Å². The number of rotatable bonds is 3. The van der Waals surface area contributed by atoms with Crippen LogP contribution in [0.1, 0.15) is 10.7 Å². The van der Waals surface area contributed by atoms with E-state index in [1.807, 2.05) is 37.3 Å². The number of aromatic nitrogens is 1. The second-order valence-corrected chi connectivity index (χ2v) is 6.35. The number of thioether (sulfide) groups is 1. The quantitative estimate of drug-likeness (QED) is 0.714. The number of hydrogen-bond acceptors (Lipinski definition) is 4. The van der Waals surface area contributed by atoms with Crippen LogP contribution in [0.25, 0.3) is 10.8 Å². The zero-order valence-electron chi connectivity index (χ0n) is 10.5. The molecule has 0 amide bonds. The largest absolute Gasteiger partial charge is 0.507 e. The van der Waals surface area contributed by atoms with Gasteiger partial charge in [0.05, 0.1) is 10.7 Å². The number of hydrogen-bond donors (Lipinski definition) is 1. The molecule has 1 aromatic heterocycles. The third kappa shape index (κ3) is 2.60. The van der Waals surface area contributed by atoms with Crippen LogP contribution in [-0.4, -0.2) is 10.1 Å². The maximum Gasteiger partial charge on any atom is 0.123 e. The summed E-state index contributed by atoms with van der Waals surface area (Å²) in [6.45, 7) is 2.02. The number of benzene rings is 2. The number of nitrogens with zero attached hydrogens (tertiary/aromatic N) is 1. The predicted octanol–water partition coefficient (Wildman–Crippen LogP) is 4.60. The molecule has 4 heteroatoms. The van der Waals surface area contributed by atoms with Crippen molar-refractivity contribution in [3.05, 3.63) is 52.5 Å². The molecule has 2 nitrogen and oxygen atoms in total. The van der Waals surface area contributed by atoms with Gasteiger partial charge in [0.1, 0.15) is 5.75 Å². The number of phenols is 1. The lowest BCUT2D eigenvalue weighted by atomic mass is 10.1. The molecule has 0 fully saturated rings. The van der Waals surface area contributed by atoms with Crippen LogP contribution in [0, 0.1) is 6.92 Å². The van der Waals surface area contributed by atoms with Crippen LogP contribution in [0.3, 0.4) is 0 Å². The fourth-order valence-corrected chi connectivity index (χ4v) is 3.67. The monoisotopic (exact) mass is 287 g/mol. The second kappa shape index (κ2) is 5.23. The number of thiazole rings is 1. The Morgan fingerprint density at radius 2 is 1.95 bits per heavy atom. The molecule has 3 aromatic rings. The molecule has 0 aliphatic rings. The Balaban J connectivity index is 1.91.